The Labute approximate surface area is 159 Å². The summed E-state index contributed by atoms with van der Waals surface area (Å²) in [5.41, 5.74) is 2.36. The van der Waals surface area contributed by atoms with Crippen LogP contribution in [0.4, 0.5) is 5.69 Å². The van der Waals surface area contributed by atoms with E-state index in [-0.39, 0.29) is 11.6 Å². The molecule has 1 atom stereocenters. The summed E-state index contributed by atoms with van der Waals surface area (Å²) in [7, 11) is 0. The number of hydrogen-bond acceptors (Lipinski definition) is 4. The number of benzene rings is 2. The van der Waals surface area contributed by atoms with Crippen molar-refractivity contribution in [3.05, 3.63) is 75.3 Å². The van der Waals surface area contributed by atoms with Crippen LogP contribution in [0.1, 0.15) is 34.8 Å². The smallest absolute Gasteiger partial charge is 0.272 e. The lowest BCUT2D eigenvalue weighted by Gasteiger charge is -2.41. The number of carbonyl (C=O) groups excluding carboxylic acids is 1. The van der Waals surface area contributed by atoms with Gasteiger partial charge in [0.2, 0.25) is 0 Å². The summed E-state index contributed by atoms with van der Waals surface area (Å²) >= 11 is 0. The number of aryl methyl sites for hydroxylation is 1. The molecule has 0 N–H and O–H groups in total. The van der Waals surface area contributed by atoms with Gasteiger partial charge in [0, 0.05) is 49.4 Å². The van der Waals surface area contributed by atoms with E-state index in [0.717, 1.165) is 19.5 Å². The van der Waals surface area contributed by atoms with Gasteiger partial charge < -0.3 is 4.90 Å². The molecule has 1 aliphatic rings. The Hall–Kier alpha value is -2.73. The number of carbonyl (C=O) groups is 1. The molecule has 0 saturated carbocycles. The lowest BCUT2D eigenvalue weighted by molar-refractivity contribution is -0.385. The molecule has 1 heterocycles. The number of hydrogen-bond donors (Lipinski definition) is 0. The second-order valence-electron chi connectivity index (χ2n) is 7.03. The highest BCUT2D eigenvalue weighted by Gasteiger charge is 2.29. The Morgan fingerprint density at radius 1 is 1.19 bits per heavy atom. The molecule has 2 aromatic rings. The molecular formula is C21H25N3O3. The van der Waals surface area contributed by atoms with E-state index in [0.29, 0.717) is 30.3 Å². The third kappa shape index (κ3) is 4.34. The van der Waals surface area contributed by atoms with Crippen LogP contribution in [0.3, 0.4) is 0 Å². The van der Waals surface area contributed by atoms with Crippen molar-refractivity contribution in [1.29, 1.82) is 0 Å². The van der Waals surface area contributed by atoms with Crippen molar-refractivity contribution in [2.75, 3.05) is 19.6 Å². The Kier molecular flexibility index (Phi) is 5.86. The summed E-state index contributed by atoms with van der Waals surface area (Å²) in [5.74, 6) is -0.0502. The van der Waals surface area contributed by atoms with Crippen LogP contribution < -0.4 is 0 Å². The molecule has 27 heavy (non-hydrogen) atoms. The van der Waals surface area contributed by atoms with E-state index in [4.69, 9.17) is 0 Å². The highest BCUT2D eigenvalue weighted by Crippen LogP contribution is 2.22. The van der Waals surface area contributed by atoms with Gasteiger partial charge in [-0.25, -0.2) is 0 Å². The van der Waals surface area contributed by atoms with Crippen LogP contribution in [-0.4, -0.2) is 46.3 Å². The topological polar surface area (TPSA) is 66.7 Å². The monoisotopic (exact) mass is 367 g/mol. The predicted molar refractivity (Wildman–Crippen MR) is 105 cm³/mol. The van der Waals surface area contributed by atoms with Gasteiger partial charge in [-0.2, -0.15) is 0 Å². The third-order valence-electron chi connectivity index (χ3n) is 5.23. The van der Waals surface area contributed by atoms with Gasteiger partial charge in [-0.1, -0.05) is 37.3 Å². The van der Waals surface area contributed by atoms with Gasteiger partial charge in [-0.15, -0.1) is 0 Å². The molecule has 2 aromatic carbocycles. The number of amides is 1. The largest absolute Gasteiger partial charge is 0.336 e. The van der Waals surface area contributed by atoms with Crippen LogP contribution in [-0.2, 0) is 6.54 Å². The van der Waals surface area contributed by atoms with Crippen molar-refractivity contribution < 1.29 is 9.72 Å². The number of nitro benzene ring substituents is 1. The van der Waals surface area contributed by atoms with Gasteiger partial charge in [0.1, 0.15) is 0 Å². The van der Waals surface area contributed by atoms with Crippen molar-refractivity contribution in [2.24, 2.45) is 0 Å². The fourth-order valence-electron chi connectivity index (χ4n) is 3.67. The average molecular weight is 367 g/mol. The molecule has 0 radical (unpaired) electrons. The van der Waals surface area contributed by atoms with Crippen LogP contribution in [0.15, 0.2) is 48.5 Å². The van der Waals surface area contributed by atoms with Crippen molar-refractivity contribution in [1.82, 2.24) is 9.80 Å². The second kappa shape index (κ2) is 8.31. The molecule has 0 bridgehead atoms. The van der Waals surface area contributed by atoms with Gasteiger partial charge >= 0.3 is 0 Å². The summed E-state index contributed by atoms with van der Waals surface area (Å²) in [4.78, 5) is 27.8. The molecule has 1 unspecified atom stereocenters. The Morgan fingerprint density at radius 3 is 2.56 bits per heavy atom. The summed E-state index contributed by atoms with van der Waals surface area (Å²) in [6.45, 7) is 6.87. The van der Waals surface area contributed by atoms with Gasteiger partial charge in [0.05, 0.1) is 4.92 Å². The SMILES string of the molecule is CCC1CN(C(=O)c2ccc([N+](=O)[O-])c(C)c2)CCN1Cc1ccccc1. The van der Waals surface area contributed by atoms with Gasteiger partial charge in [0.15, 0.2) is 0 Å². The molecule has 0 aromatic heterocycles. The van der Waals surface area contributed by atoms with Crippen molar-refractivity contribution in [3.63, 3.8) is 0 Å². The van der Waals surface area contributed by atoms with Crippen molar-refractivity contribution in [3.8, 4) is 0 Å². The molecule has 6 nitrogen and oxygen atoms in total. The van der Waals surface area contributed by atoms with E-state index < -0.39 is 4.92 Å². The number of rotatable bonds is 5. The summed E-state index contributed by atoms with van der Waals surface area (Å²) < 4.78 is 0. The fourth-order valence-corrected chi connectivity index (χ4v) is 3.67. The maximum atomic E-state index is 12.9. The first kappa shape index (κ1) is 19.0. The molecule has 1 fully saturated rings. The zero-order chi connectivity index (χ0) is 19.4. The van der Waals surface area contributed by atoms with E-state index >= 15 is 0 Å². The predicted octanol–water partition coefficient (Wildman–Crippen LogP) is 3.64. The molecule has 6 heteroatoms. The minimum absolute atomic E-state index is 0.0469. The van der Waals surface area contributed by atoms with E-state index in [9.17, 15) is 14.9 Å². The highest BCUT2D eigenvalue weighted by atomic mass is 16.6. The van der Waals surface area contributed by atoms with E-state index in [2.05, 4.69) is 24.0 Å². The third-order valence-corrected chi connectivity index (χ3v) is 5.23. The maximum Gasteiger partial charge on any atom is 0.272 e. The summed E-state index contributed by atoms with van der Waals surface area (Å²) in [5, 5.41) is 11.0. The first-order valence-electron chi connectivity index (χ1n) is 9.32. The molecule has 3 rings (SSSR count). The standard InChI is InChI=1S/C21H25N3O3/c1-3-19-15-23(12-11-22(19)14-17-7-5-4-6-8-17)21(25)18-9-10-20(24(26)27)16(2)13-18/h4-10,13,19H,3,11-12,14-15H2,1-2H3. The molecule has 1 amide bonds. The molecule has 0 aliphatic carbocycles. The van der Waals surface area contributed by atoms with Crippen LogP contribution in [0.5, 0.6) is 0 Å². The van der Waals surface area contributed by atoms with Crippen LogP contribution in [0, 0.1) is 17.0 Å². The quantitative estimate of drug-likeness (QED) is 0.598. The number of nitro groups is 1. The first-order valence-corrected chi connectivity index (χ1v) is 9.32. The zero-order valence-corrected chi connectivity index (χ0v) is 15.8. The Bertz CT molecular complexity index is 823. The van der Waals surface area contributed by atoms with E-state index in [1.165, 1.54) is 11.6 Å². The fraction of sp³-hybridized carbons (Fsp3) is 0.381. The van der Waals surface area contributed by atoms with Crippen LogP contribution in [0.2, 0.25) is 0 Å². The summed E-state index contributed by atoms with van der Waals surface area (Å²) in [6, 6.07) is 15.3. The Morgan fingerprint density at radius 2 is 1.93 bits per heavy atom. The number of piperazine rings is 1. The summed E-state index contributed by atoms with van der Waals surface area (Å²) in [6.07, 6.45) is 0.968. The maximum absolute atomic E-state index is 12.9. The molecule has 142 valence electrons. The minimum atomic E-state index is -0.418. The number of nitrogens with zero attached hydrogens (tertiary/aromatic N) is 3. The first-order chi connectivity index (χ1) is 13.0. The average Bonchev–Trinajstić information content (AvgIpc) is 2.68. The highest BCUT2D eigenvalue weighted by molar-refractivity contribution is 5.94. The zero-order valence-electron chi connectivity index (χ0n) is 15.8. The molecular weight excluding hydrogens is 342 g/mol. The lowest BCUT2D eigenvalue weighted by atomic mass is 10.0. The second-order valence-corrected chi connectivity index (χ2v) is 7.03. The molecule has 0 spiro atoms. The normalized spacial score (nSPS) is 17.7. The molecule has 1 aliphatic heterocycles. The van der Waals surface area contributed by atoms with E-state index in [1.54, 1.807) is 19.1 Å². The van der Waals surface area contributed by atoms with Crippen molar-refractivity contribution in [2.45, 2.75) is 32.9 Å². The molecule has 1 saturated heterocycles. The van der Waals surface area contributed by atoms with Crippen molar-refractivity contribution >= 4 is 11.6 Å². The van der Waals surface area contributed by atoms with Gasteiger partial charge in [0.25, 0.3) is 11.6 Å². The Balaban J connectivity index is 1.69. The van der Waals surface area contributed by atoms with Crippen LogP contribution in [0.25, 0.3) is 0 Å². The van der Waals surface area contributed by atoms with Gasteiger partial charge in [-0.05, 0) is 31.0 Å². The van der Waals surface area contributed by atoms with E-state index in [1.807, 2.05) is 23.1 Å². The minimum Gasteiger partial charge on any atom is -0.336 e. The van der Waals surface area contributed by atoms with Gasteiger partial charge in [-0.3, -0.25) is 19.8 Å². The van der Waals surface area contributed by atoms with Crippen LogP contribution >= 0.6 is 0 Å². The lowest BCUT2D eigenvalue weighted by Crippen LogP contribution is -2.54.